The van der Waals surface area contributed by atoms with Gasteiger partial charge in [0.25, 0.3) is 0 Å². The summed E-state index contributed by atoms with van der Waals surface area (Å²) >= 11 is 0. The third kappa shape index (κ3) is 2.70. The van der Waals surface area contributed by atoms with Gasteiger partial charge in [-0.25, -0.2) is 13.1 Å². The Bertz CT molecular complexity index is 279. The van der Waals surface area contributed by atoms with Gasteiger partial charge in [-0.15, -0.1) is 0 Å². The van der Waals surface area contributed by atoms with Crippen LogP contribution >= 0.6 is 0 Å². The van der Waals surface area contributed by atoms with Crippen molar-refractivity contribution in [1.29, 1.82) is 0 Å². The van der Waals surface area contributed by atoms with Crippen LogP contribution in [-0.2, 0) is 10.0 Å². The Morgan fingerprint density at radius 3 is 2.07 bits per heavy atom. The molecule has 2 saturated carbocycles. The summed E-state index contributed by atoms with van der Waals surface area (Å²) in [5.41, 5.74) is 0. The predicted octanol–water partition coefficient (Wildman–Crippen LogP) is 1.50. The van der Waals surface area contributed by atoms with Crippen molar-refractivity contribution in [3.8, 4) is 0 Å². The quantitative estimate of drug-likeness (QED) is 0.733. The lowest BCUT2D eigenvalue weighted by molar-refractivity contribution is 0.471. The Morgan fingerprint density at radius 2 is 1.71 bits per heavy atom. The van der Waals surface area contributed by atoms with E-state index < -0.39 is 10.0 Å². The SMILES string of the molecule is CCCS(=O)(=O)NC(C1CC1)C1CC1. The second kappa shape index (κ2) is 3.81. The van der Waals surface area contributed by atoms with Gasteiger partial charge in [0.05, 0.1) is 5.75 Å². The normalized spacial score (nSPS) is 23.0. The van der Waals surface area contributed by atoms with Gasteiger partial charge in [0, 0.05) is 6.04 Å². The van der Waals surface area contributed by atoms with Gasteiger partial charge in [0.15, 0.2) is 0 Å². The molecule has 0 atom stereocenters. The van der Waals surface area contributed by atoms with Gasteiger partial charge in [-0.1, -0.05) is 6.92 Å². The minimum absolute atomic E-state index is 0.270. The fourth-order valence-electron chi connectivity index (χ4n) is 2.02. The van der Waals surface area contributed by atoms with Crippen molar-refractivity contribution < 1.29 is 8.42 Å². The molecule has 0 aliphatic heterocycles. The Balaban J connectivity index is 1.92. The fraction of sp³-hybridized carbons (Fsp3) is 1.00. The van der Waals surface area contributed by atoms with Crippen LogP contribution in [0.1, 0.15) is 39.0 Å². The number of sulfonamides is 1. The maximum absolute atomic E-state index is 11.6. The molecule has 0 saturated heterocycles. The van der Waals surface area contributed by atoms with Crippen molar-refractivity contribution >= 4 is 10.0 Å². The van der Waals surface area contributed by atoms with Gasteiger partial charge in [-0.05, 0) is 43.9 Å². The molecule has 0 unspecified atom stereocenters. The number of hydrogen-bond acceptors (Lipinski definition) is 2. The van der Waals surface area contributed by atoms with Gasteiger partial charge in [-0.2, -0.15) is 0 Å². The second-order valence-electron chi connectivity index (χ2n) is 4.64. The van der Waals surface area contributed by atoms with E-state index in [-0.39, 0.29) is 11.8 Å². The number of nitrogens with one attached hydrogen (secondary N) is 1. The molecule has 3 nitrogen and oxygen atoms in total. The van der Waals surface area contributed by atoms with Crippen LogP contribution in [-0.4, -0.2) is 20.2 Å². The molecular weight excluding hydrogens is 198 g/mol. The lowest BCUT2D eigenvalue weighted by Gasteiger charge is -2.17. The molecule has 2 rings (SSSR count). The zero-order chi connectivity index (χ0) is 10.2. The largest absolute Gasteiger partial charge is 0.212 e. The van der Waals surface area contributed by atoms with E-state index in [9.17, 15) is 8.42 Å². The topological polar surface area (TPSA) is 46.2 Å². The first-order valence-electron chi connectivity index (χ1n) is 5.62. The van der Waals surface area contributed by atoms with Crippen LogP contribution in [0.4, 0.5) is 0 Å². The highest BCUT2D eigenvalue weighted by molar-refractivity contribution is 7.89. The van der Waals surface area contributed by atoms with Crippen molar-refractivity contribution in [2.45, 2.75) is 45.1 Å². The standard InChI is InChI=1S/C10H19NO2S/c1-2-7-14(12,13)11-10(8-3-4-8)9-5-6-9/h8-11H,2-7H2,1H3. The molecule has 0 spiro atoms. The van der Waals surface area contributed by atoms with E-state index >= 15 is 0 Å². The molecule has 2 aliphatic carbocycles. The smallest absolute Gasteiger partial charge is 0.211 e. The van der Waals surface area contributed by atoms with Crippen molar-refractivity contribution in [3.63, 3.8) is 0 Å². The van der Waals surface area contributed by atoms with Crippen LogP contribution in [0, 0.1) is 11.8 Å². The Morgan fingerprint density at radius 1 is 1.21 bits per heavy atom. The van der Waals surface area contributed by atoms with Gasteiger partial charge in [-0.3, -0.25) is 0 Å². The summed E-state index contributed by atoms with van der Waals surface area (Å²) in [6.07, 6.45) is 5.58. The van der Waals surface area contributed by atoms with Crippen LogP contribution < -0.4 is 4.72 Å². The molecule has 0 aromatic rings. The third-order valence-corrected chi connectivity index (χ3v) is 4.63. The second-order valence-corrected chi connectivity index (χ2v) is 6.51. The van der Waals surface area contributed by atoms with Crippen molar-refractivity contribution in [2.75, 3.05) is 5.75 Å². The van der Waals surface area contributed by atoms with E-state index in [4.69, 9.17) is 0 Å². The highest BCUT2D eigenvalue weighted by Crippen LogP contribution is 2.44. The Labute approximate surface area is 86.3 Å². The zero-order valence-corrected chi connectivity index (χ0v) is 9.52. The summed E-state index contributed by atoms with van der Waals surface area (Å²) in [4.78, 5) is 0. The molecular formula is C10H19NO2S. The molecule has 0 radical (unpaired) electrons. The van der Waals surface area contributed by atoms with E-state index in [0.29, 0.717) is 18.3 Å². The summed E-state index contributed by atoms with van der Waals surface area (Å²) < 4.78 is 26.1. The molecule has 0 bridgehead atoms. The highest BCUT2D eigenvalue weighted by Gasteiger charge is 2.42. The maximum Gasteiger partial charge on any atom is 0.211 e. The average Bonchev–Trinajstić information content (AvgIpc) is 2.96. The van der Waals surface area contributed by atoms with Crippen LogP contribution in [0.25, 0.3) is 0 Å². The first-order chi connectivity index (χ1) is 6.62. The van der Waals surface area contributed by atoms with E-state index in [2.05, 4.69) is 4.72 Å². The first-order valence-corrected chi connectivity index (χ1v) is 7.27. The van der Waals surface area contributed by atoms with Crippen LogP contribution in [0.2, 0.25) is 0 Å². The number of hydrogen-bond donors (Lipinski definition) is 1. The predicted molar refractivity (Wildman–Crippen MR) is 56.4 cm³/mol. The molecule has 2 aliphatic rings. The van der Waals surface area contributed by atoms with Crippen LogP contribution in [0.15, 0.2) is 0 Å². The van der Waals surface area contributed by atoms with Gasteiger partial charge in [0.1, 0.15) is 0 Å². The molecule has 14 heavy (non-hydrogen) atoms. The molecule has 82 valence electrons. The Hall–Kier alpha value is -0.0900. The van der Waals surface area contributed by atoms with E-state index in [1.165, 1.54) is 25.7 Å². The molecule has 0 aromatic carbocycles. The summed E-state index contributed by atoms with van der Waals surface area (Å²) in [7, 11) is -2.99. The molecule has 0 aromatic heterocycles. The minimum atomic E-state index is -2.99. The monoisotopic (exact) mass is 217 g/mol. The van der Waals surface area contributed by atoms with Crippen LogP contribution in [0.3, 0.4) is 0 Å². The van der Waals surface area contributed by atoms with Crippen LogP contribution in [0.5, 0.6) is 0 Å². The van der Waals surface area contributed by atoms with Crippen molar-refractivity contribution in [3.05, 3.63) is 0 Å². The molecule has 1 N–H and O–H groups in total. The molecule has 2 fully saturated rings. The summed E-state index contributed by atoms with van der Waals surface area (Å²) in [6, 6.07) is 0.270. The first kappa shape index (κ1) is 10.4. The zero-order valence-electron chi connectivity index (χ0n) is 8.70. The van der Waals surface area contributed by atoms with E-state index in [1.54, 1.807) is 0 Å². The molecule has 0 heterocycles. The van der Waals surface area contributed by atoms with Gasteiger partial charge >= 0.3 is 0 Å². The van der Waals surface area contributed by atoms with E-state index in [1.807, 2.05) is 6.92 Å². The van der Waals surface area contributed by atoms with Crippen molar-refractivity contribution in [1.82, 2.24) is 4.72 Å². The van der Waals surface area contributed by atoms with E-state index in [0.717, 1.165) is 0 Å². The molecule has 4 heteroatoms. The highest BCUT2D eigenvalue weighted by atomic mass is 32.2. The lowest BCUT2D eigenvalue weighted by Crippen LogP contribution is -2.39. The fourth-order valence-corrected chi connectivity index (χ4v) is 3.48. The molecule has 0 amide bonds. The summed E-state index contributed by atoms with van der Waals surface area (Å²) in [5, 5.41) is 0. The minimum Gasteiger partial charge on any atom is -0.212 e. The summed E-state index contributed by atoms with van der Waals surface area (Å²) in [5.74, 6) is 1.58. The third-order valence-electron chi connectivity index (χ3n) is 3.05. The van der Waals surface area contributed by atoms with Gasteiger partial charge in [0.2, 0.25) is 10.0 Å². The summed E-state index contributed by atoms with van der Waals surface area (Å²) in [6.45, 7) is 1.91. The maximum atomic E-state index is 11.6. The Kier molecular flexibility index (Phi) is 2.84. The van der Waals surface area contributed by atoms with Crippen molar-refractivity contribution in [2.24, 2.45) is 11.8 Å². The lowest BCUT2D eigenvalue weighted by atomic mass is 10.1. The average molecular weight is 217 g/mol. The van der Waals surface area contributed by atoms with Gasteiger partial charge < -0.3 is 0 Å². The number of rotatable bonds is 6.